The third-order valence-electron chi connectivity index (χ3n) is 1.75. The molecular formula is C9H11N3O3S2. The molecule has 0 aromatic carbocycles. The normalized spacial score (nSPS) is 10.8. The Balaban J connectivity index is 2.57. The van der Waals surface area contributed by atoms with Gasteiger partial charge in [0.1, 0.15) is 15.2 Å². The number of hydrogen-bond acceptors (Lipinski definition) is 5. The number of thiophene rings is 1. The monoisotopic (exact) mass is 273 g/mol. The highest BCUT2D eigenvalue weighted by atomic mass is 32.2. The molecule has 0 aliphatic heterocycles. The van der Waals surface area contributed by atoms with Crippen LogP contribution in [0.25, 0.3) is 0 Å². The highest BCUT2D eigenvalue weighted by molar-refractivity contribution is 7.91. The maximum Gasteiger partial charge on any atom is 0.250 e. The van der Waals surface area contributed by atoms with Crippen LogP contribution in [-0.2, 0) is 14.8 Å². The van der Waals surface area contributed by atoms with E-state index in [0.29, 0.717) is 4.88 Å². The third-order valence-corrected chi connectivity index (χ3v) is 4.69. The highest BCUT2D eigenvalue weighted by Crippen LogP contribution is 2.20. The minimum atomic E-state index is -3.58. The summed E-state index contributed by atoms with van der Waals surface area (Å²) in [6.45, 7) is 1.69. The Hall–Kier alpha value is -1.43. The van der Waals surface area contributed by atoms with E-state index < -0.39 is 10.0 Å². The third kappa shape index (κ3) is 4.14. The Morgan fingerprint density at radius 1 is 1.47 bits per heavy atom. The molecule has 1 aromatic rings. The second kappa shape index (κ2) is 5.77. The molecule has 1 amide bonds. The van der Waals surface area contributed by atoms with Gasteiger partial charge in [0, 0.05) is 20.0 Å². The molecule has 0 bridgehead atoms. The van der Waals surface area contributed by atoms with E-state index in [1.165, 1.54) is 19.1 Å². The summed E-state index contributed by atoms with van der Waals surface area (Å²) in [5.41, 5.74) is 0. The average Bonchev–Trinajstić information content (AvgIpc) is 2.73. The zero-order valence-electron chi connectivity index (χ0n) is 9.06. The van der Waals surface area contributed by atoms with E-state index in [2.05, 4.69) is 10.0 Å². The van der Waals surface area contributed by atoms with E-state index in [1.807, 2.05) is 6.07 Å². The summed E-state index contributed by atoms with van der Waals surface area (Å²) in [4.78, 5) is 10.9. The zero-order valence-corrected chi connectivity index (χ0v) is 10.7. The van der Waals surface area contributed by atoms with Crippen LogP contribution in [0.3, 0.4) is 0 Å². The Labute approximate surface area is 103 Å². The summed E-state index contributed by atoms with van der Waals surface area (Å²) >= 11 is 0.905. The largest absolute Gasteiger partial charge is 0.355 e. The molecule has 0 saturated carbocycles. The van der Waals surface area contributed by atoms with Gasteiger partial charge in [-0.3, -0.25) is 4.79 Å². The predicted octanol–water partition coefficient (Wildman–Crippen LogP) is 0.0342. The molecule has 92 valence electrons. The number of hydrogen-bond donors (Lipinski definition) is 2. The van der Waals surface area contributed by atoms with E-state index in [1.54, 1.807) is 0 Å². The molecule has 0 saturated heterocycles. The van der Waals surface area contributed by atoms with E-state index in [0.717, 1.165) is 11.3 Å². The van der Waals surface area contributed by atoms with Crippen molar-refractivity contribution in [3.63, 3.8) is 0 Å². The van der Waals surface area contributed by atoms with Crippen molar-refractivity contribution in [2.24, 2.45) is 0 Å². The van der Waals surface area contributed by atoms with Gasteiger partial charge >= 0.3 is 0 Å². The first-order valence-electron chi connectivity index (χ1n) is 4.70. The van der Waals surface area contributed by atoms with E-state index in [9.17, 15) is 13.2 Å². The topological polar surface area (TPSA) is 99.1 Å². The molecule has 2 N–H and O–H groups in total. The molecule has 1 heterocycles. The summed E-state index contributed by atoms with van der Waals surface area (Å²) in [5.74, 6) is -0.216. The fraction of sp³-hybridized carbons (Fsp3) is 0.333. The molecular weight excluding hydrogens is 262 g/mol. The number of rotatable bonds is 5. The molecule has 0 aliphatic rings. The van der Waals surface area contributed by atoms with Gasteiger partial charge in [-0.1, -0.05) is 0 Å². The molecule has 1 rings (SSSR count). The van der Waals surface area contributed by atoms with Gasteiger partial charge in [0.25, 0.3) is 0 Å². The van der Waals surface area contributed by atoms with Gasteiger partial charge in [-0.2, -0.15) is 5.26 Å². The zero-order chi connectivity index (χ0) is 12.9. The number of nitrogens with one attached hydrogen (secondary N) is 2. The first kappa shape index (κ1) is 13.6. The lowest BCUT2D eigenvalue weighted by Crippen LogP contribution is -2.33. The number of amides is 1. The van der Waals surface area contributed by atoms with Gasteiger partial charge in [-0.25, -0.2) is 13.1 Å². The quantitative estimate of drug-likeness (QED) is 0.739. The second-order valence-electron chi connectivity index (χ2n) is 3.11. The first-order chi connectivity index (χ1) is 7.95. The predicted molar refractivity (Wildman–Crippen MR) is 62.9 cm³/mol. The Bertz CT molecular complexity index is 542. The van der Waals surface area contributed by atoms with Crippen molar-refractivity contribution in [1.29, 1.82) is 5.26 Å². The number of carbonyl (C=O) groups excluding carboxylic acids is 1. The molecule has 1 aromatic heterocycles. The van der Waals surface area contributed by atoms with Crippen molar-refractivity contribution < 1.29 is 13.2 Å². The maximum atomic E-state index is 11.7. The lowest BCUT2D eigenvalue weighted by molar-refractivity contribution is -0.118. The Kier molecular flexibility index (Phi) is 4.62. The van der Waals surface area contributed by atoms with Crippen molar-refractivity contribution >= 4 is 27.3 Å². The van der Waals surface area contributed by atoms with E-state index >= 15 is 0 Å². The van der Waals surface area contributed by atoms with Gasteiger partial charge in [-0.15, -0.1) is 11.3 Å². The fourth-order valence-electron chi connectivity index (χ4n) is 1.02. The van der Waals surface area contributed by atoms with Crippen molar-refractivity contribution in [3.8, 4) is 6.07 Å². The van der Waals surface area contributed by atoms with Gasteiger partial charge in [-0.05, 0) is 12.1 Å². The summed E-state index contributed by atoms with van der Waals surface area (Å²) in [6.07, 6.45) is 0. The molecule has 0 spiro atoms. The van der Waals surface area contributed by atoms with Gasteiger partial charge in [0.05, 0.1) is 0 Å². The van der Waals surface area contributed by atoms with Crippen LogP contribution in [0.2, 0.25) is 0 Å². The SMILES string of the molecule is CC(=O)NCCNS(=O)(=O)c1ccc(C#N)s1. The molecule has 0 aliphatic carbocycles. The van der Waals surface area contributed by atoms with Crippen molar-refractivity contribution in [2.75, 3.05) is 13.1 Å². The second-order valence-corrected chi connectivity index (χ2v) is 6.19. The summed E-state index contributed by atoms with van der Waals surface area (Å²) in [7, 11) is -3.58. The Morgan fingerprint density at radius 3 is 2.71 bits per heavy atom. The lowest BCUT2D eigenvalue weighted by atomic mass is 10.5. The maximum absolute atomic E-state index is 11.7. The van der Waals surface area contributed by atoms with Crippen LogP contribution < -0.4 is 10.0 Å². The van der Waals surface area contributed by atoms with Gasteiger partial charge < -0.3 is 5.32 Å². The molecule has 0 atom stereocenters. The van der Waals surface area contributed by atoms with Crippen LogP contribution in [0.5, 0.6) is 0 Å². The summed E-state index contributed by atoms with van der Waals surface area (Å²) < 4.78 is 25.8. The number of nitrogens with zero attached hydrogens (tertiary/aromatic N) is 1. The van der Waals surface area contributed by atoms with Crippen LogP contribution in [0.4, 0.5) is 0 Å². The van der Waals surface area contributed by atoms with Crippen LogP contribution in [0.15, 0.2) is 16.3 Å². The average molecular weight is 273 g/mol. The fourth-order valence-corrected chi connectivity index (χ4v) is 3.20. The molecule has 8 heteroatoms. The lowest BCUT2D eigenvalue weighted by Gasteiger charge is -2.04. The summed E-state index contributed by atoms with van der Waals surface area (Å²) in [5, 5.41) is 11.1. The summed E-state index contributed by atoms with van der Waals surface area (Å²) in [6, 6.07) is 4.70. The molecule has 17 heavy (non-hydrogen) atoms. The van der Waals surface area contributed by atoms with Gasteiger partial charge in [0.15, 0.2) is 0 Å². The van der Waals surface area contributed by atoms with Crippen molar-refractivity contribution in [3.05, 3.63) is 17.0 Å². The van der Waals surface area contributed by atoms with Crippen molar-refractivity contribution in [2.45, 2.75) is 11.1 Å². The standard InChI is InChI=1S/C9H11N3O3S2/c1-7(13)11-4-5-12-17(14,15)9-3-2-8(6-10)16-9/h2-3,12H,4-5H2,1H3,(H,11,13). The van der Waals surface area contributed by atoms with Crippen LogP contribution in [0.1, 0.15) is 11.8 Å². The minimum absolute atomic E-state index is 0.0943. The van der Waals surface area contributed by atoms with Gasteiger partial charge in [0.2, 0.25) is 15.9 Å². The van der Waals surface area contributed by atoms with Crippen LogP contribution in [-0.4, -0.2) is 27.4 Å². The van der Waals surface area contributed by atoms with Crippen molar-refractivity contribution in [1.82, 2.24) is 10.0 Å². The molecule has 0 unspecified atom stereocenters. The highest BCUT2D eigenvalue weighted by Gasteiger charge is 2.15. The van der Waals surface area contributed by atoms with E-state index in [-0.39, 0.29) is 23.2 Å². The molecule has 6 nitrogen and oxygen atoms in total. The van der Waals surface area contributed by atoms with Crippen LogP contribution >= 0.6 is 11.3 Å². The van der Waals surface area contributed by atoms with E-state index in [4.69, 9.17) is 5.26 Å². The van der Waals surface area contributed by atoms with Crippen LogP contribution in [0, 0.1) is 11.3 Å². The number of sulfonamides is 1. The first-order valence-corrected chi connectivity index (χ1v) is 7.00. The number of nitriles is 1. The Morgan fingerprint density at radius 2 is 2.18 bits per heavy atom. The number of carbonyl (C=O) groups is 1. The minimum Gasteiger partial charge on any atom is -0.355 e. The molecule has 0 radical (unpaired) electrons. The smallest absolute Gasteiger partial charge is 0.250 e. The molecule has 0 fully saturated rings.